The topological polar surface area (TPSA) is 122 Å². The summed E-state index contributed by atoms with van der Waals surface area (Å²) in [5.41, 5.74) is 1.65. The number of rotatable bonds is 9. The number of aromatic nitrogens is 3. The van der Waals surface area contributed by atoms with Crippen molar-refractivity contribution < 1.29 is 23.5 Å². The first-order valence-corrected chi connectivity index (χ1v) is 15.4. The molecule has 3 amide bonds. The van der Waals surface area contributed by atoms with Crippen LogP contribution in [-0.4, -0.2) is 87.0 Å². The Morgan fingerprint density at radius 3 is 2.44 bits per heavy atom. The minimum atomic E-state index is -0.768. The molecule has 2 saturated heterocycles. The van der Waals surface area contributed by atoms with Crippen LogP contribution in [0.3, 0.4) is 0 Å². The Balaban J connectivity index is 1.39. The molecule has 2 aromatic carbocycles. The third kappa shape index (κ3) is 7.16. The molecule has 12 heteroatoms. The summed E-state index contributed by atoms with van der Waals surface area (Å²) in [7, 11) is 1.70. The Labute approximate surface area is 263 Å². The van der Waals surface area contributed by atoms with E-state index in [9.17, 15) is 18.8 Å². The van der Waals surface area contributed by atoms with Crippen molar-refractivity contribution in [2.45, 2.75) is 71.4 Å². The fourth-order valence-electron chi connectivity index (χ4n) is 6.23. The molecular weight excluding hydrogens is 577 g/mol. The maximum atomic E-state index is 14.3. The maximum absolute atomic E-state index is 14.3. The van der Waals surface area contributed by atoms with Crippen molar-refractivity contribution in [1.82, 2.24) is 35.4 Å². The molecule has 11 nitrogen and oxygen atoms in total. The molecule has 0 unspecified atom stereocenters. The second-order valence-corrected chi connectivity index (χ2v) is 13.0. The van der Waals surface area contributed by atoms with Crippen LogP contribution in [0.4, 0.5) is 9.18 Å². The van der Waals surface area contributed by atoms with Crippen LogP contribution in [0.5, 0.6) is 0 Å². The number of carbonyl (C=O) groups excluding carboxylic acids is 3. The summed E-state index contributed by atoms with van der Waals surface area (Å²) in [6, 6.07) is 13.7. The highest BCUT2D eigenvalue weighted by atomic mass is 19.1. The number of amides is 3. The second-order valence-electron chi connectivity index (χ2n) is 13.0. The number of benzene rings is 2. The Kier molecular flexibility index (Phi) is 9.52. The van der Waals surface area contributed by atoms with Gasteiger partial charge in [0.15, 0.2) is 0 Å². The van der Waals surface area contributed by atoms with Crippen molar-refractivity contribution in [3.63, 3.8) is 0 Å². The summed E-state index contributed by atoms with van der Waals surface area (Å²) < 4.78 is 20.9. The van der Waals surface area contributed by atoms with Gasteiger partial charge in [-0.1, -0.05) is 56.3 Å². The van der Waals surface area contributed by atoms with Gasteiger partial charge in [0.1, 0.15) is 24.2 Å². The van der Waals surface area contributed by atoms with E-state index in [1.165, 1.54) is 12.1 Å². The Hall–Kier alpha value is -4.32. The van der Waals surface area contributed by atoms with Gasteiger partial charge in [-0.2, -0.15) is 0 Å². The number of nitrogens with zero attached hydrogens (tertiary/aromatic N) is 5. The molecule has 2 aliphatic rings. The number of halogens is 1. The Morgan fingerprint density at radius 1 is 1.07 bits per heavy atom. The molecule has 0 aliphatic carbocycles. The van der Waals surface area contributed by atoms with Crippen molar-refractivity contribution in [3.8, 4) is 11.3 Å². The highest BCUT2D eigenvalue weighted by molar-refractivity contribution is 5.90. The van der Waals surface area contributed by atoms with Gasteiger partial charge in [-0.15, -0.1) is 5.10 Å². The highest BCUT2D eigenvalue weighted by Crippen LogP contribution is 2.38. The third-order valence-electron chi connectivity index (χ3n) is 8.78. The van der Waals surface area contributed by atoms with E-state index < -0.39 is 23.6 Å². The molecule has 2 N–H and O–H groups in total. The van der Waals surface area contributed by atoms with Gasteiger partial charge in [0.05, 0.1) is 24.3 Å². The third-order valence-corrected chi connectivity index (χ3v) is 8.78. The molecule has 5 atom stereocenters. The SMILES string of the molecule is CN[C@@H](C)C(=O)N[C@H](C(=O)N1CC[C@@H]2[C@H]1[C@@H](Cn1cc(-c3ccc(F)cc3)nn1)CN2C(=O)OCc1ccccc1)C(C)(C)C. The van der Waals surface area contributed by atoms with Crippen LogP contribution in [0.2, 0.25) is 0 Å². The molecule has 3 heterocycles. The number of hydrogen-bond donors (Lipinski definition) is 2. The number of carbonyl (C=O) groups is 3. The first-order valence-electron chi connectivity index (χ1n) is 15.4. The van der Waals surface area contributed by atoms with Crippen molar-refractivity contribution in [3.05, 3.63) is 72.2 Å². The van der Waals surface area contributed by atoms with Gasteiger partial charge in [0, 0.05) is 31.1 Å². The predicted molar refractivity (Wildman–Crippen MR) is 166 cm³/mol. The van der Waals surface area contributed by atoms with Crippen LogP contribution in [0.25, 0.3) is 11.3 Å². The lowest BCUT2D eigenvalue weighted by Gasteiger charge is -2.37. The summed E-state index contributed by atoms with van der Waals surface area (Å²) in [4.78, 5) is 44.2. The van der Waals surface area contributed by atoms with Crippen molar-refractivity contribution >= 4 is 17.9 Å². The van der Waals surface area contributed by atoms with E-state index in [0.717, 1.165) is 11.1 Å². The Bertz CT molecular complexity index is 1490. The van der Waals surface area contributed by atoms with E-state index >= 15 is 0 Å². The zero-order valence-electron chi connectivity index (χ0n) is 26.4. The van der Waals surface area contributed by atoms with Gasteiger partial charge in [-0.25, -0.2) is 9.18 Å². The lowest BCUT2D eigenvalue weighted by molar-refractivity contribution is -0.141. The molecule has 2 fully saturated rings. The number of likely N-dealkylation sites (tertiary alicyclic amines) is 2. The number of hydrogen-bond acceptors (Lipinski definition) is 7. The van der Waals surface area contributed by atoms with Gasteiger partial charge in [-0.05, 0) is 55.6 Å². The summed E-state index contributed by atoms with van der Waals surface area (Å²) >= 11 is 0. The first-order chi connectivity index (χ1) is 21.5. The zero-order chi connectivity index (χ0) is 32.3. The van der Waals surface area contributed by atoms with E-state index in [1.807, 2.05) is 56.0 Å². The van der Waals surface area contributed by atoms with Gasteiger partial charge < -0.3 is 25.2 Å². The molecule has 1 aromatic heterocycles. The number of likely N-dealkylation sites (N-methyl/N-ethyl adjacent to an activating group) is 1. The van der Waals surface area contributed by atoms with Crippen LogP contribution in [-0.2, 0) is 27.5 Å². The minimum absolute atomic E-state index is 0.146. The van der Waals surface area contributed by atoms with E-state index in [1.54, 1.807) is 41.9 Å². The summed E-state index contributed by atoms with van der Waals surface area (Å²) in [5.74, 6) is -0.951. The van der Waals surface area contributed by atoms with Crippen LogP contribution in [0, 0.1) is 17.2 Å². The standard InChI is InChI=1S/C33H42FN7O4/c1-21(35-5)30(42)36-29(33(2,3)4)31(43)40-16-15-27-28(40)24(18-41(27)32(44)45-20-22-9-7-6-8-10-22)17-39-19-26(37-38-39)23-11-13-25(34)14-12-23/h6-14,19,21,24,27-29,35H,15-18,20H2,1-5H3,(H,36,42)/t21-,24-,27+,28+,29+/m0/s1. The summed E-state index contributed by atoms with van der Waals surface area (Å²) in [6.45, 7) is 8.88. The average molecular weight is 620 g/mol. The number of fused-ring (bicyclic) bond motifs is 1. The summed E-state index contributed by atoms with van der Waals surface area (Å²) in [5, 5.41) is 14.5. The van der Waals surface area contributed by atoms with Gasteiger partial charge in [-0.3, -0.25) is 14.3 Å². The quantitative estimate of drug-likeness (QED) is 0.376. The maximum Gasteiger partial charge on any atom is 0.410 e. The van der Waals surface area contributed by atoms with Crippen LogP contribution in [0.15, 0.2) is 60.8 Å². The molecule has 45 heavy (non-hydrogen) atoms. The highest BCUT2D eigenvalue weighted by Gasteiger charge is 2.54. The van der Waals surface area contributed by atoms with Gasteiger partial charge in [0.25, 0.3) is 0 Å². The second kappa shape index (κ2) is 13.4. The van der Waals surface area contributed by atoms with E-state index in [-0.39, 0.29) is 42.2 Å². The zero-order valence-corrected chi connectivity index (χ0v) is 26.4. The van der Waals surface area contributed by atoms with E-state index in [4.69, 9.17) is 4.74 Å². The van der Waals surface area contributed by atoms with E-state index in [0.29, 0.717) is 31.7 Å². The molecule has 0 bridgehead atoms. The van der Waals surface area contributed by atoms with Gasteiger partial charge >= 0.3 is 6.09 Å². The average Bonchev–Trinajstić information content (AvgIpc) is 3.75. The lowest BCUT2D eigenvalue weighted by Crippen LogP contribution is -2.59. The van der Waals surface area contributed by atoms with Crippen LogP contribution < -0.4 is 10.6 Å². The van der Waals surface area contributed by atoms with Crippen molar-refractivity contribution in [2.75, 3.05) is 20.1 Å². The predicted octanol–water partition coefficient (Wildman–Crippen LogP) is 3.46. The van der Waals surface area contributed by atoms with Crippen molar-refractivity contribution in [2.24, 2.45) is 11.3 Å². The van der Waals surface area contributed by atoms with Gasteiger partial charge in [0.2, 0.25) is 11.8 Å². The summed E-state index contributed by atoms with van der Waals surface area (Å²) in [6.07, 6.45) is 1.94. The molecule has 0 radical (unpaired) electrons. The van der Waals surface area contributed by atoms with Crippen molar-refractivity contribution in [1.29, 1.82) is 0 Å². The normalized spacial score (nSPS) is 20.9. The van der Waals surface area contributed by atoms with Crippen LogP contribution >= 0.6 is 0 Å². The number of nitrogens with one attached hydrogen (secondary N) is 2. The lowest BCUT2D eigenvalue weighted by atomic mass is 9.85. The molecular formula is C33H42FN7O4. The minimum Gasteiger partial charge on any atom is -0.445 e. The fraction of sp³-hybridized carbons (Fsp3) is 0.485. The first kappa shape index (κ1) is 32.1. The molecule has 3 aromatic rings. The van der Waals surface area contributed by atoms with Crippen LogP contribution in [0.1, 0.15) is 39.7 Å². The molecule has 0 saturated carbocycles. The molecule has 2 aliphatic heterocycles. The number of ether oxygens (including phenoxy) is 1. The van der Waals surface area contributed by atoms with E-state index in [2.05, 4.69) is 20.9 Å². The largest absolute Gasteiger partial charge is 0.445 e. The fourth-order valence-corrected chi connectivity index (χ4v) is 6.23. The monoisotopic (exact) mass is 619 g/mol. The smallest absolute Gasteiger partial charge is 0.410 e. The Morgan fingerprint density at radius 2 is 1.78 bits per heavy atom. The molecule has 5 rings (SSSR count). The molecule has 240 valence electrons. The molecule has 0 spiro atoms.